The molecular formula is C27H27NO6. The molecule has 0 fully saturated rings. The van der Waals surface area contributed by atoms with Gasteiger partial charge in [-0.3, -0.25) is 9.59 Å². The van der Waals surface area contributed by atoms with Gasteiger partial charge in [-0.25, -0.2) is 4.79 Å². The van der Waals surface area contributed by atoms with E-state index < -0.39 is 5.97 Å². The molecule has 0 aliphatic rings. The zero-order valence-electron chi connectivity index (χ0n) is 19.6. The molecular weight excluding hydrogens is 434 g/mol. The molecule has 0 spiro atoms. The molecule has 176 valence electrons. The lowest BCUT2D eigenvalue weighted by Gasteiger charge is -2.10. The van der Waals surface area contributed by atoms with Crippen LogP contribution in [0.4, 0.5) is 5.69 Å². The van der Waals surface area contributed by atoms with E-state index in [1.54, 1.807) is 43.5 Å². The van der Waals surface area contributed by atoms with Crippen molar-refractivity contribution in [3.8, 4) is 11.5 Å². The summed E-state index contributed by atoms with van der Waals surface area (Å²) in [6, 6.07) is 16.9. The standard InChI is InChI=1S/C27H27NO6/c1-17-12-19(3)24(13-18(17)2)25(29)15-34-27(31)20-8-10-22(11-9-20)33-16-26(30)28-21-6-5-7-23(14-21)32-4/h5-14H,15-16H2,1-4H3,(H,28,30). The number of anilines is 1. The van der Waals surface area contributed by atoms with Crippen LogP contribution < -0.4 is 14.8 Å². The average Bonchev–Trinajstić information content (AvgIpc) is 2.83. The van der Waals surface area contributed by atoms with Gasteiger partial charge >= 0.3 is 5.97 Å². The fourth-order valence-corrected chi connectivity index (χ4v) is 3.29. The maximum atomic E-state index is 12.5. The number of hydrogen-bond acceptors (Lipinski definition) is 6. The van der Waals surface area contributed by atoms with Crippen LogP contribution in [0.25, 0.3) is 0 Å². The number of hydrogen-bond donors (Lipinski definition) is 1. The van der Waals surface area contributed by atoms with Gasteiger partial charge in [-0.15, -0.1) is 0 Å². The number of rotatable bonds is 9. The SMILES string of the molecule is COc1cccc(NC(=O)COc2ccc(C(=O)OCC(=O)c3cc(C)c(C)cc3C)cc2)c1. The normalized spacial score (nSPS) is 10.4. The molecule has 0 aromatic heterocycles. The second-order valence-electron chi connectivity index (χ2n) is 7.84. The minimum absolute atomic E-state index is 0.204. The van der Waals surface area contributed by atoms with Crippen LogP contribution in [-0.2, 0) is 9.53 Å². The van der Waals surface area contributed by atoms with Crippen molar-refractivity contribution in [3.05, 3.63) is 88.5 Å². The van der Waals surface area contributed by atoms with Crippen LogP contribution in [-0.4, -0.2) is 38.0 Å². The highest BCUT2D eigenvalue weighted by molar-refractivity contribution is 6.00. The number of ether oxygens (including phenoxy) is 3. The summed E-state index contributed by atoms with van der Waals surface area (Å²) >= 11 is 0. The van der Waals surface area contributed by atoms with Gasteiger partial charge in [-0.05, 0) is 79.9 Å². The summed E-state index contributed by atoms with van der Waals surface area (Å²) < 4.78 is 15.8. The van der Waals surface area contributed by atoms with Crippen molar-refractivity contribution in [3.63, 3.8) is 0 Å². The molecule has 0 unspecified atom stereocenters. The van der Waals surface area contributed by atoms with E-state index >= 15 is 0 Å². The fourth-order valence-electron chi connectivity index (χ4n) is 3.29. The Bertz CT molecular complexity index is 1200. The Morgan fingerprint density at radius 1 is 0.794 bits per heavy atom. The summed E-state index contributed by atoms with van der Waals surface area (Å²) in [5.41, 5.74) is 4.38. The third-order valence-corrected chi connectivity index (χ3v) is 5.29. The van der Waals surface area contributed by atoms with Crippen LogP contribution >= 0.6 is 0 Å². The Balaban J connectivity index is 1.49. The quantitative estimate of drug-likeness (QED) is 0.368. The van der Waals surface area contributed by atoms with E-state index in [0.717, 1.165) is 16.7 Å². The molecule has 0 heterocycles. The molecule has 3 aromatic rings. The van der Waals surface area contributed by atoms with E-state index in [2.05, 4.69) is 5.32 Å². The van der Waals surface area contributed by atoms with Crippen molar-refractivity contribution in [2.75, 3.05) is 25.6 Å². The van der Waals surface area contributed by atoms with Crippen LogP contribution in [0.1, 0.15) is 37.4 Å². The van der Waals surface area contributed by atoms with E-state index in [1.165, 1.54) is 12.1 Å². The van der Waals surface area contributed by atoms with E-state index in [9.17, 15) is 14.4 Å². The Kier molecular flexibility index (Phi) is 8.03. The van der Waals surface area contributed by atoms with E-state index in [-0.39, 0.29) is 30.5 Å². The first kappa shape index (κ1) is 24.5. The first-order chi connectivity index (χ1) is 16.3. The topological polar surface area (TPSA) is 90.9 Å². The van der Waals surface area contributed by atoms with Gasteiger partial charge in [0.15, 0.2) is 13.2 Å². The summed E-state index contributed by atoms with van der Waals surface area (Å²) in [5, 5.41) is 2.72. The van der Waals surface area contributed by atoms with Gasteiger partial charge in [0.2, 0.25) is 5.78 Å². The average molecular weight is 462 g/mol. The zero-order valence-corrected chi connectivity index (χ0v) is 19.6. The number of nitrogens with one attached hydrogen (secondary N) is 1. The number of Topliss-reactive ketones (excluding diaryl/α,β-unsaturated/α-hetero) is 1. The molecule has 3 rings (SSSR count). The molecule has 0 saturated carbocycles. The summed E-state index contributed by atoms with van der Waals surface area (Å²) in [6.45, 7) is 5.23. The molecule has 0 saturated heterocycles. The maximum Gasteiger partial charge on any atom is 0.338 e. The van der Waals surface area contributed by atoms with Crippen LogP contribution in [0, 0.1) is 20.8 Å². The first-order valence-corrected chi connectivity index (χ1v) is 10.7. The molecule has 0 atom stereocenters. The van der Waals surface area contributed by atoms with Gasteiger partial charge in [0.25, 0.3) is 5.91 Å². The van der Waals surface area contributed by atoms with Gasteiger partial charge in [-0.1, -0.05) is 12.1 Å². The second-order valence-corrected chi connectivity index (χ2v) is 7.84. The van der Waals surface area contributed by atoms with Crippen molar-refractivity contribution >= 4 is 23.3 Å². The number of methoxy groups -OCH3 is 1. The van der Waals surface area contributed by atoms with Crippen LogP contribution in [0.2, 0.25) is 0 Å². The number of carbonyl (C=O) groups is 3. The molecule has 0 radical (unpaired) electrons. The van der Waals surface area contributed by atoms with E-state index in [4.69, 9.17) is 14.2 Å². The number of ketones is 1. The van der Waals surface area contributed by atoms with Crippen LogP contribution in [0.3, 0.4) is 0 Å². The molecule has 1 amide bonds. The highest BCUT2D eigenvalue weighted by atomic mass is 16.5. The maximum absolute atomic E-state index is 12.5. The molecule has 7 heteroatoms. The van der Waals surface area contributed by atoms with Crippen molar-refractivity contribution in [1.29, 1.82) is 0 Å². The minimum Gasteiger partial charge on any atom is -0.497 e. The molecule has 3 aromatic carbocycles. The lowest BCUT2D eigenvalue weighted by molar-refractivity contribution is -0.118. The van der Waals surface area contributed by atoms with Crippen LogP contribution in [0.5, 0.6) is 11.5 Å². The lowest BCUT2D eigenvalue weighted by atomic mass is 9.98. The first-order valence-electron chi connectivity index (χ1n) is 10.7. The molecule has 1 N–H and O–H groups in total. The third kappa shape index (κ3) is 6.45. The number of esters is 1. The highest BCUT2D eigenvalue weighted by Gasteiger charge is 2.15. The zero-order chi connectivity index (χ0) is 24.7. The third-order valence-electron chi connectivity index (χ3n) is 5.29. The number of aryl methyl sites for hydroxylation is 3. The number of amides is 1. The van der Waals surface area contributed by atoms with Gasteiger partial charge in [-0.2, -0.15) is 0 Å². The van der Waals surface area contributed by atoms with Gasteiger partial charge in [0, 0.05) is 17.3 Å². The highest BCUT2D eigenvalue weighted by Crippen LogP contribution is 2.18. The van der Waals surface area contributed by atoms with E-state index in [0.29, 0.717) is 22.7 Å². The number of benzene rings is 3. The van der Waals surface area contributed by atoms with Crippen molar-refractivity contribution in [2.24, 2.45) is 0 Å². The Morgan fingerprint density at radius 3 is 2.21 bits per heavy atom. The van der Waals surface area contributed by atoms with Gasteiger partial charge in [0.1, 0.15) is 11.5 Å². The Morgan fingerprint density at radius 2 is 1.50 bits per heavy atom. The summed E-state index contributed by atoms with van der Waals surface area (Å²) in [4.78, 5) is 36.9. The minimum atomic E-state index is -0.614. The second kappa shape index (κ2) is 11.1. The van der Waals surface area contributed by atoms with Crippen molar-refractivity contribution in [2.45, 2.75) is 20.8 Å². The molecule has 0 aliphatic carbocycles. The largest absolute Gasteiger partial charge is 0.497 e. The summed E-state index contributed by atoms with van der Waals surface area (Å²) in [6.07, 6.45) is 0. The van der Waals surface area contributed by atoms with Crippen molar-refractivity contribution in [1.82, 2.24) is 0 Å². The smallest absolute Gasteiger partial charge is 0.338 e. The van der Waals surface area contributed by atoms with Gasteiger partial charge < -0.3 is 19.5 Å². The summed E-state index contributed by atoms with van der Waals surface area (Å²) in [7, 11) is 1.55. The van der Waals surface area contributed by atoms with Crippen LogP contribution in [0.15, 0.2) is 60.7 Å². The molecule has 7 nitrogen and oxygen atoms in total. The molecule has 0 aliphatic heterocycles. The lowest BCUT2D eigenvalue weighted by Crippen LogP contribution is -2.20. The van der Waals surface area contributed by atoms with Crippen molar-refractivity contribution < 1.29 is 28.6 Å². The monoisotopic (exact) mass is 461 g/mol. The summed E-state index contributed by atoms with van der Waals surface area (Å²) in [5.74, 6) is -0.156. The Labute approximate surface area is 198 Å². The molecule has 34 heavy (non-hydrogen) atoms. The number of carbonyl (C=O) groups excluding carboxylic acids is 3. The predicted molar refractivity (Wildman–Crippen MR) is 129 cm³/mol. The Hall–Kier alpha value is -4.13. The predicted octanol–water partition coefficient (Wildman–Crippen LogP) is 4.68. The molecule has 0 bridgehead atoms. The van der Waals surface area contributed by atoms with E-state index in [1.807, 2.05) is 32.9 Å². The van der Waals surface area contributed by atoms with Gasteiger partial charge in [0.05, 0.1) is 12.7 Å². The fraction of sp³-hybridized carbons (Fsp3) is 0.222.